The fraction of sp³-hybridized carbons (Fsp3) is 0.833. The van der Waals surface area contributed by atoms with Gasteiger partial charge in [-0.2, -0.15) is 5.10 Å². The predicted octanol–water partition coefficient (Wildman–Crippen LogP) is 1.12. The van der Waals surface area contributed by atoms with Crippen LogP contribution >= 0.6 is 24.0 Å². The summed E-state index contributed by atoms with van der Waals surface area (Å²) in [5.41, 5.74) is 0. The molecule has 1 aromatic heterocycles. The molecule has 8 nitrogen and oxygen atoms in total. The summed E-state index contributed by atoms with van der Waals surface area (Å²) >= 11 is 0. The Balaban J connectivity index is 0.00000261. The number of aliphatic imine (C=N–C) groups is 1. The molecule has 27 heavy (non-hydrogen) atoms. The number of piperidine rings is 1. The number of nitrogens with one attached hydrogen (secondary N) is 2. The molecule has 1 unspecified atom stereocenters. The molecular weight excluding hydrogens is 457 g/mol. The second-order valence-corrected chi connectivity index (χ2v) is 7.24. The molecule has 154 valence electrons. The van der Waals surface area contributed by atoms with Gasteiger partial charge in [-0.15, -0.1) is 24.0 Å². The Morgan fingerprint density at radius 2 is 2.15 bits per heavy atom. The van der Waals surface area contributed by atoms with Crippen LogP contribution in [0.1, 0.15) is 32.0 Å². The van der Waals surface area contributed by atoms with Crippen molar-refractivity contribution in [3.63, 3.8) is 0 Å². The highest BCUT2D eigenvalue weighted by molar-refractivity contribution is 14.0. The summed E-state index contributed by atoms with van der Waals surface area (Å²) in [6.45, 7) is 8.93. The summed E-state index contributed by atoms with van der Waals surface area (Å²) in [6.07, 6.45) is 6.13. The van der Waals surface area contributed by atoms with Crippen LogP contribution < -0.4 is 10.6 Å². The van der Waals surface area contributed by atoms with E-state index in [0.717, 1.165) is 70.5 Å². The highest BCUT2D eigenvalue weighted by Crippen LogP contribution is 2.17. The number of aryl methyl sites for hydroxylation is 1. The number of methoxy groups -OCH3 is 1. The second kappa shape index (κ2) is 11.8. The quantitative estimate of drug-likeness (QED) is 0.338. The Kier molecular flexibility index (Phi) is 9.77. The molecule has 0 aromatic carbocycles. The number of ether oxygens (including phenoxy) is 1. The van der Waals surface area contributed by atoms with E-state index in [1.54, 1.807) is 13.4 Å². The van der Waals surface area contributed by atoms with Gasteiger partial charge in [0.25, 0.3) is 0 Å². The molecular formula is C18H34IN7O. The number of likely N-dealkylation sites (tertiary alicyclic amines) is 1. The fourth-order valence-electron chi connectivity index (χ4n) is 3.70. The first-order chi connectivity index (χ1) is 12.8. The summed E-state index contributed by atoms with van der Waals surface area (Å²) in [5.74, 6) is 2.70. The SMILES string of the molecule is CCNC(=NCC1CCN(CCOC)CC1)NC1CCc2ncnn2C1.I. The zero-order valence-corrected chi connectivity index (χ0v) is 18.9. The summed E-state index contributed by atoms with van der Waals surface area (Å²) in [5, 5.41) is 11.3. The fourth-order valence-corrected chi connectivity index (χ4v) is 3.70. The lowest BCUT2D eigenvalue weighted by molar-refractivity contribution is 0.121. The number of aromatic nitrogens is 3. The molecule has 1 fully saturated rings. The lowest BCUT2D eigenvalue weighted by Gasteiger charge is -2.31. The smallest absolute Gasteiger partial charge is 0.191 e. The maximum absolute atomic E-state index is 5.18. The van der Waals surface area contributed by atoms with Crippen molar-refractivity contribution in [2.24, 2.45) is 10.9 Å². The largest absolute Gasteiger partial charge is 0.383 e. The molecule has 3 heterocycles. The highest BCUT2D eigenvalue weighted by Gasteiger charge is 2.21. The summed E-state index contributed by atoms with van der Waals surface area (Å²) in [7, 11) is 1.77. The van der Waals surface area contributed by atoms with Crippen LogP contribution in [0.15, 0.2) is 11.3 Å². The monoisotopic (exact) mass is 491 g/mol. The van der Waals surface area contributed by atoms with Crippen LogP contribution in [0, 0.1) is 5.92 Å². The van der Waals surface area contributed by atoms with Crippen molar-refractivity contribution < 1.29 is 4.74 Å². The van der Waals surface area contributed by atoms with Gasteiger partial charge in [0, 0.05) is 39.2 Å². The van der Waals surface area contributed by atoms with E-state index in [2.05, 4.69) is 32.5 Å². The minimum absolute atomic E-state index is 0. The molecule has 3 rings (SSSR count). The second-order valence-electron chi connectivity index (χ2n) is 7.24. The van der Waals surface area contributed by atoms with Crippen LogP contribution in [0.2, 0.25) is 0 Å². The van der Waals surface area contributed by atoms with Crippen molar-refractivity contribution in [1.82, 2.24) is 30.3 Å². The third kappa shape index (κ3) is 6.86. The molecule has 2 aliphatic heterocycles. The standard InChI is InChI=1S/C18H33N7O.HI/c1-3-19-18(23-16-4-5-17-21-14-22-25(17)13-16)20-12-15-6-8-24(9-7-15)10-11-26-2;/h14-16H,3-13H2,1-2H3,(H2,19,20,23);1H. The Hall–Kier alpha value is -0.940. The van der Waals surface area contributed by atoms with Crippen molar-refractivity contribution in [2.45, 2.75) is 45.2 Å². The van der Waals surface area contributed by atoms with E-state index in [1.807, 2.05) is 4.68 Å². The van der Waals surface area contributed by atoms with Gasteiger partial charge in [-0.05, 0) is 45.2 Å². The molecule has 1 saturated heterocycles. The molecule has 9 heteroatoms. The Morgan fingerprint density at radius 3 is 2.89 bits per heavy atom. The van der Waals surface area contributed by atoms with Crippen LogP contribution in [0.25, 0.3) is 0 Å². The summed E-state index contributed by atoms with van der Waals surface area (Å²) in [4.78, 5) is 11.7. The number of rotatable bonds is 7. The van der Waals surface area contributed by atoms with E-state index < -0.39 is 0 Å². The van der Waals surface area contributed by atoms with E-state index >= 15 is 0 Å². The number of nitrogens with zero attached hydrogens (tertiary/aromatic N) is 5. The van der Waals surface area contributed by atoms with Gasteiger partial charge in [0.2, 0.25) is 0 Å². The molecule has 0 bridgehead atoms. The van der Waals surface area contributed by atoms with Crippen molar-refractivity contribution in [1.29, 1.82) is 0 Å². The number of fused-ring (bicyclic) bond motifs is 1. The van der Waals surface area contributed by atoms with E-state index in [-0.39, 0.29) is 24.0 Å². The van der Waals surface area contributed by atoms with Gasteiger partial charge < -0.3 is 20.3 Å². The zero-order valence-electron chi connectivity index (χ0n) is 16.6. The van der Waals surface area contributed by atoms with Crippen LogP contribution in [0.3, 0.4) is 0 Å². The van der Waals surface area contributed by atoms with E-state index in [4.69, 9.17) is 9.73 Å². The maximum Gasteiger partial charge on any atom is 0.191 e. The Bertz CT molecular complexity index is 572. The number of halogens is 1. The molecule has 2 N–H and O–H groups in total. The minimum Gasteiger partial charge on any atom is -0.383 e. The topological polar surface area (TPSA) is 79.6 Å². The number of hydrogen-bond acceptors (Lipinski definition) is 5. The van der Waals surface area contributed by atoms with Gasteiger partial charge in [0.05, 0.1) is 13.2 Å². The van der Waals surface area contributed by atoms with Gasteiger partial charge in [-0.1, -0.05) is 0 Å². The normalized spacial score (nSPS) is 21.4. The number of guanidine groups is 1. The van der Waals surface area contributed by atoms with Crippen LogP contribution in [0.4, 0.5) is 0 Å². The van der Waals surface area contributed by atoms with Crippen molar-refractivity contribution in [3.05, 3.63) is 12.2 Å². The van der Waals surface area contributed by atoms with Gasteiger partial charge in [0.1, 0.15) is 12.2 Å². The summed E-state index contributed by atoms with van der Waals surface area (Å²) < 4.78 is 7.18. The van der Waals surface area contributed by atoms with E-state index in [9.17, 15) is 0 Å². The first kappa shape index (κ1) is 22.4. The van der Waals surface area contributed by atoms with Crippen LogP contribution in [-0.4, -0.2) is 78.1 Å². The molecule has 0 aliphatic carbocycles. The van der Waals surface area contributed by atoms with E-state index in [0.29, 0.717) is 12.0 Å². The Morgan fingerprint density at radius 1 is 1.33 bits per heavy atom. The molecule has 2 aliphatic rings. The first-order valence-corrected chi connectivity index (χ1v) is 9.91. The lowest BCUT2D eigenvalue weighted by Crippen LogP contribution is -2.47. The highest BCUT2D eigenvalue weighted by atomic mass is 127. The average Bonchev–Trinajstić information content (AvgIpc) is 3.13. The third-order valence-electron chi connectivity index (χ3n) is 5.32. The molecule has 0 amide bonds. The molecule has 1 aromatic rings. The third-order valence-corrected chi connectivity index (χ3v) is 5.32. The van der Waals surface area contributed by atoms with Gasteiger partial charge in [0.15, 0.2) is 5.96 Å². The number of hydrogen-bond donors (Lipinski definition) is 2. The summed E-state index contributed by atoms with van der Waals surface area (Å²) in [6, 6.07) is 0.359. The van der Waals surface area contributed by atoms with Crippen molar-refractivity contribution in [3.8, 4) is 0 Å². The minimum atomic E-state index is 0. The van der Waals surface area contributed by atoms with Gasteiger partial charge in [-0.3, -0.25) is 4.99 Å². The Labute approximate surface area is 179 Å². The van der Waals surface area contributed by atoms with Gasteiger partial charge in [-0.25, -0.2) is 9.67 Å². The maximum atomic E-state index is 5.18. The lowest BCUT2D eigenvalue weighted by atomic mass is 9.97. The molecule has 0 radical (unpaired) electrons. The molecule has 0 spiro atoms. The van der Waals surface area contributed by atoms with Crippen LogP contribution in [0.5, 0.6) is 0 Å². The predicted molar refractivity (Wildman–Crippen MR) is 118 cm³/mol. The van der Waals surface area contributed by atoms with Crippen molar-refractivity contribution in [2.75, 3.05) is 46.4 Å². The first-order valence-electron chi connectivity index (χ1n) is 9.91. The van der Waals surface area contributed by atoms with Gasteiger partial charge >= 0.3 is 0 Å². The van der Waals surface area contributed by atoms with Crippen LogP contribution in [-0.2, 0) is 17.7 Å². The van der Waals surface area contributed by atoms with Crippen molar-refractivity contribution >= 4 is 29.9 Å². The molecule has 1 atom stereocenters. The average molecular weight is 491 g/mol. The zero-order chi connectivity index (χ0) is 18.2. The van der Waals surface area contributed by atoms with E-state index in [1.165, 1.54) is 12.8 Å². The molecule has 0 saturated carbocycles.